The first-order valence-corrected chi connectivity index (χ1v) is 8.19. The number of unbranched alkanes of at least 4 members (excludes halogenated alkanes) is 1. The Morgan fingerprint density at radius 3 is 2.39 bits per heavy atom. The van der Waals surface area contributed by atoms with Crippen molar-refractivity contribution in [3.8, 4) is 0 Å². The zero-order valence-electron chi connectivity index (χ0n) is 12.6. The smallest absolute Gasteiger partial charge is 0.00988 e. The maximum Gasteiger partial charge on any atom is 0.00988 e. The van der Waals surface area contributed by atoms with Gasteiger partial charge in [-0.1, -0.05) is 26.7 Å². The molecule has 106 valence electrons. The molecule has 2 saturated heterocycles. The fourth-order valence-electron chi connectivity index (χ4n) is 3.93. The van der Waals surface area contributed by atoms with Crippen LogP contribution in [-0.4, -0.2) is 36.6 Å². The fraction of sp³-hybridized carbons (Fsp3) is 1.00. The molecule has 2 heterocycles. The first-order valence-electron chi connectivity index (χ1n) is 8.19. The molecule has 2 aliphatic heterocycles. The van der Waals surface area contributed by atoms with Crippen LogP contribution in [0.5, 0.6) is 0 Å². The highest BCUT2D eigenvalue weighted by molar-refractivity contribution is 4.94. The maximum absolute atomic E-state index is 3.84. The minimum Gasteiger partial charge on any atom is -0.314 e. The number of rotatable bonds is 7. The van der Waals surface area contributed by atoms with Crippen LogP contribution in [0.2, 0.25) is 0 Å². The molecule has 2 nitrogen and oxygen atoms in total. The fourth-order valence-corrected chi connectivity index (χ4v) is 3.93. The van der Waals surface area contributed by atoms with E-state index in [9.17, 15) is 0 Å². The lowest BCUT2D eigenvalue weighted by molar-refractivity contribution is 0.130. The van der Waals surface area contributed by atoms with E-state index in [4.69, 9.17) is 0 Å². The second kappa shape index (κ2) is 6.91. The summed E-state index contributed by atoms with van der Waals surface area (Å²) in [4.78, 5) is 2.64. The van der Waals surface area contributed by atoms with Gasteiger partial charge >= 0.3 is 0 Å². The number of piperidine rings is 1. The van der Waals surface area contributed by atoms with E-state index in [1.54, 1.807) is 0 Å². The summed E-state index contributed by atoms with van der Waals surface area (Å²) < 4.78 is 0. The Morgan fingerprint density at radius 2 is 1.83 bits per heavy atom. The summed E-state index contributed by atoms with van der Waals surface area (Å²) in [5, 5.41) is 3.84. The van der Waals surface area contributed by atoms with Gasteiger partial charge in [0, 0.05) is 18.1 Å². The lowest BCUT2D eigenvalue weighted by atomic mass is 9.90. The lowest BCUT2D eigenvalue weighted by Gasteiger charge is -2.37. The molecule has 0 aliphatic carbocycles. The van der Waals surface area contributed by atoms with E-state index in [1.165, 1.54) is 57.9 Å². The predicted octanol–water partition coefficient (Wildman–Crippen LogP) is 3.42. The summed E-state index contributed by atoms with van der Waals surface area (Å²) in [5.74, 6) is 0.939. The molecule has 0 spiro atoms. The number of hydrogen-bond acceptors (Lipinski definition) is 2. The largest absolute Gasteiger partial charge is 0.314 e. The summed E-state index contributed by atoms with van der Waals surface area (Å²) in [5.41, 5.74) is 0. The summed E-state index contributed by atoms with van der Waals surface area (Å²) in [6, 6.07) is 2.56. The van der Waals surface area contributed by atoms with Gasteiger partial charge < -0.3 is 10.2 Å². The zero-order chi connectivity index (χ0) is 13.0. The van der Waals surface area contributed by atoms with Crippen molar-refractivity contribution in [1.82, 2.24) is 10.2 Å². The predicted molar refractivity (Wildman–Crippen MR) is 78.9 cm³/mol. The van der Waals surface area contributed by atoms with Crippen molar-refractivity contribution in [1.29, 1.82) is 0 Å². The number of nitrogens with one attached hydrogen (secondary N) is 1. The topological polar surface area (TPSA) is 15.3 Å². The number of fused-ring (bicyclic) bond motifs is 2. The third-order valence-electron chi connectivity index (χ3n) is 5.29. The van der Waals surface area contributed by atoms with Crippen LogP contribution in [0.1, 0.15) is 65.2 Å². The van der Waals surface area contributed by atoms with E-state index in [1.807, 2.05) is 0 Å². The van der Waals surface area contributed by atoms with Gasteiger partial charge in [-0.3, -0.25) is 0 Å². The third-order valence-corrected chi connectivity index (χ3v) is 5.29. The van der Waals surface area contributed by atoms with Crippen LogP contribution in [0.4, 0.5) is 0 Å². The first kappa shape index (κ1) is 14.3. The molecular formula is C16H32N2. The molecule has 0 saturated carbocycles. The van der Waals surface area contributed by atoms with Crippen molar-refractivity contribution in [2.45, 2.75) is 83.3 Å². The Balaban J connectivity index is 1.70. The summed E-state index contributed by atoms with van der Waals surface area (Å²) in [6.45, 7) is 5.89. The van der Waals surface area contributed by atoms with E-state index in [-0.39, 0.29) is 0 Å². The number of hydrogen-bond donors (Lipinski definition) is 1. The van der Waals surface area contributed by atoms with E-state index < -0.39 is 0 Å². The van der Waals surface area contributed by atoms with Gasteiger partial charge in [-0.25, -0.2) is 0 Å². The van der Waals surface area contributed by atoms with E-state index in [0.29, 0.717) is 0 Å². The Labute approximate surface area is 114 Å². The highest BCUT2D eigenvalue weighted by atomic mass is 15.2. The van der Waals surface area contributed by atoms with Gasteiger partial charge in [0.05, 0.1) is 0 Å². The van der Waals surface area contributed by atoms with Crippen LogP contribution in [0.3, 0.4) is 0 Å². The average Bonchev–Trinajstić information content (AvgIpc) is 2.62. The molecule has 0 aromatic heterocycles. The quantitative estimate of drug-likeness (QED) is 0.747. The van der Waals surface area contributed by atoms with Crippen LogP contribution in [0.25, 0.3) is 0 Å². The van der Waals surface area contributed by atoms with E-state index in [0.717, 1.165) is 24.0 Å². The summed E-state index contributed by atoms with van der Waals surface area (Å²) in [6.07, 6.45) is 11.1. The second-order valence-corrected chi connectivity index (χ2v) is 6.54. The maximum atomic E-state index is 3.84. The monoisotopic (exact) mass is 252 g/mol. The molecule has 2 bridgehead atoms. The molecule has 18 heavy (non-hydrogen) atoms. The van der Waals surface area contributed by atoms with E-state index >= 15 is 0 Å². The average molecular weight is 252 g/mol. The Kier molecular flexibility index (Phi) is 5.50. The second-order valence-electron chi connectivity index (χ2n) is 6.54. The first-order chi connectivity index (χ1) is 8.74. The van der Waals surface area contributed by atoms with Crippen LogP contribution in [0.15, 0.2) is 0 Å². The van der Waals surface area contributed by atoms with Crippen LogP contribution in [0, 0.1) is 5.92 Å². The standard InChI is InChI=1S/C16H32N2/c1-4-6-7-14(5-2)17-12-13-10-15-8-9-16(11-13)18(15)3/h13-17H,4-12H2,1-3H3. The van der Waals surface area contributed by atoms with E-state index in [2.05, 4.69) is 31.1 Å². The Hall–Kier alpha value is -0.0800. The molecule has 3 atom stereocenters. The minimum absolute atomic E-state index is 0.766. The highest BCUT2D eigenvalue weighted by Gasteiger charge is 2.38. The SMILES string of the molecule is CCCCC(CC)NCC1CC2CCC(C1)N2C. The molecule has 2 aliphatic rings. The third kappa shape index (κ3) is 3.48. The van der Waals surface area contributed by atoms with Crippen molar-refractivity contribution in [2.75, 3.05) is 13.6 Å². The van der Waals surface area contributed by atoms with Crippen molar-refractivity contribution in [3.05, 3.63) is 0 Å². The molecule has 0 radical (unpaired) electrons. The molecule has 3 unspecified atom stereocenters. The van der Waals surface area contributed by atoms with Gasteiger partial charge in [-0.05, 0) is 58.0 Å². The van der Waals surface area contributed by atoms with Gasteiger partial charge in [0.15, 0.2) is 0 Å². The van der Waals surface area contributed by atoms with Gasteiger partial charge in [0.2, 0.25) is 0 Å². The van der Waals surface area contributed by atoms with Gasteiger partial charge in [-0.15, -0.1) is 0 Å². The van der Waals surface area contributed by atoms with Gasteiger partial charge in [-0.2, -0.15) is 0 Å². The van der Waals surface area contributed by atoms with Crippen LogP contribution >= 0.6 is 0 Å². The molecule has 2 fully saturated rings. The van der Waals surface area contributed by atoms with Crippen molar-refractivity contribution >= 4 is 0 Å². The summed E-state index contributed by atoms with van der Waals surface area (Å²) in [7, 11) is 2.34. The van der Waals surface area contributed by atoms with Crippen molar-refractivity contribution in [3.63, 3.8) is 0 Å². The molecule has 2 heteroatoms. The van der Waals surface area contributed by atoms with Crippen LogP contribution < -0.4 is 5.32 Å². The van der Waals surface area contributed by atoms with Gasteiger partial charge in [0.25, 0.3) is 0 Å². The van der Waals surface area contributed by atoms with Crippen molar-refractivity contribution in [2.24, 2.45) is 5.92 Å². The Morgan fingerprint density at radius 1 is 1.17 bits per heavy atom. The summed E-state index contributed by atoms with van der Waals surface area (Å²) >= 11 is 0. The van der Waals surface area contributed by atoms with Gasteiger partial charge in [0.1, 0.15) is 0 Å². The van der Waals surface area contributed by atoms with Crippen LogP contribution in [-0.2, 0) is 0 Å². The van der Waals surface area contributed by atoms with Crippen molar-refractivity contribution < 1.29 is 0 Å². The molecule has 1 N–H and O–H groups in total. The lowest BCUT2D eigenvalue weighted by Crippen LogP contribution is -2.43. The Bertz CT molecular complexity index is 227. The molecule has 2 rings (SSSR count). The molecular weight excluding hydrogens is 220 g/mol. The highest BCUT2D eigenvalue weighted by Crippen LogP contribution is 2.37. The zero-order valence-corrected chi connectivity index (χ0v) is 12.6. The molecule has 0 aromatic carbocycles. The molecule has 0 aromatic rings. The number of nitrogens with zero attached hydrogens (tertiary/aromatic N) is 1. The minimum atomic E-state index is 0.766. The normalized spacial score (nSPS) is 33.8. The molecule has 0 amide bonds.